The van der Waals surface area contributed by atoms with Gasteiger partial charge in [-0.25, -0.2) is 9.97 Å². The first kappa shape index (κ1) is 11.9. The largest absolute Gasteiger partial charge is 0.391 e. The maximum absolute atomic E-state index is 10.1. The molecule has 1 aliphatic rings. The van der Waals surface area contributed by atoms with Gasteiger partial charge in [-0.15, -0.1) is 11.3 Å². The third-order valence-corrected chi connectivity index (χ3v) is 4.38. The van der Waals surface area contributed by atoms with Crippen molar-refractivity contribution >= 4 is 27.4 Å². The molecule has 3 rings (SSSR count). The molecule has 1 aliphatic carbocycles. The van der Waals surface area contributed by atoms with Crippen LogP contribution in [0.2, 0.25) is 0 Å². The lowest BCUT2D eigenvalue weighted by atomic mass is 10.1. The highest BCUT2D eigenvalue weighted by Gasteiger charge is 2.22. The van der Waals surface area contributed by atoms with E-state index < -0.39 is 0 Å². The Balaban J connectivity index is 1.84. The molecule has 2 aromatic rings. The van der Waals surface area contributed by atoms with E-state index in [0.29, 0.717) is 0 Å². The van der Waals surface area contributed by atoms with Crippen molar-refractivity contribution in [3.05, 3.63) is 17.8 Å². The number of nitrogens with zero attached hydrogens (tertiary/aromatic N) is 2. The average molecular weight is 263 g/mol. The fourth-order valence-corrected chi connectivity index (χ4v) is 3.27. The lowest BCUT2D eigenvalue weighted by Crippen LogP contribution is -2.32. The first-order valence-electron chi connectivity index (χ1n) is 6.47. The van der Waals surface area contributed by atoms with Crippen LogP contribution in [0.1, 0.15) is 32.1 Å². The van der Waals surface area contributed by atoms with Crippen LogP contribution in [0, 0.1) is 0 Å². The zero-order valence-electron chi connectivity index (χ0n) is 10.2. The number of aliphatic hydroxyl groups excluding tert-OH is 1. The molecule has 5 heteroatoms. The Labute approximate surface area is 110 Å². The molecule has 0 aliphatic heterocycles. The van der Waals surface area contributed by atoms with E-state index in [0.717, 1.165) is 35.3 Å². The average Bonchev–Trinajstić information content (AvgIpc) is 2.77. The molecule has 0 bridgehead atoms. The summed E-state index contributed by atoms with van der Waals surface area (Å²) in [4.78, 5) is 9.54. The molecule has 96 valence electrons. The predicted octanol–water partition coefficient (Wildman–Crippen LogP) is 2.80. The molecule has 1 fully saturated rings. The summed E-state index contributed by atoms with van der Waals surface area (Å²) in [6, 6.07) is 2.15. The molecule has 0 spiro atoms. The van der Waals surface area contributed by atoms with Crippen LogP contribution < -0.4 is 5.32 Å². The van der Waals surface area contributed by atoms with Gasteiger partial charge in [-0.3, -0.25) is 0 Å². The van der Waals surface area contributed by atoms with Crippen LogP contribution in [0.4, 0.5) is 5.82 Å². The molecule has 0 saturated heterocycles. The van der Waals surface area contributed by atoms with Gasteiger partial charge in [0, 0.05) is 0 Å². The maximum atomic E-state index is 10.1. The van der Waals surface area contributed by atoms with Crippen molar-refractivity contribution in [3.63, 3.8) is 0 Å². The number of aromatic nitrogens is 2. The van der Waals surface area contributed by atoms with Crippen LogP contribution in [-0.4, -0.2) is 27.2 Å². The summed E-state index contributed by atoms with van der Waals surface area (Å²) in [6.45, 7) is 0. The van der Waals surface area contributed by atoms with Gasteiger partial charge in [0.15, 0.2) is 0 Å². The second-order valence-electron chi connectivity index (χ2n) is 4.82. The van der Waals surface area contributed by atoms with E-state index >= 15 is 0 Å². The summed E-state index contributed by atoms with van der Waals surface area (Å²) < 4.78 is 0. The monoisotopic (exact) mass is 263 g/mol. The summed E-state index contributed by atoms with van der Waals surface area (Å²) in [5.74, 6) is 0.854. The van der Waals surface area contributed by atoms with Crippen molar-refractivity contribution in [2.45, 2.75) is 44.2 Å². The topological polar surface area (TPSA) is 58.0 Å². The number of anilines is 1. The van der Waals surface area contributed by atoms with E-state index in [4.69, 9.17) is 0 Å². The van der Waals surface area contributed by atoms with E-state index in [1.807, 2.05) is 11.4 Å². The minimum atomic E-state index is -0.267. The van der Waals surface area contributed by atoms with Crippen molar-refractivity contribution in [1.29, 1.82) is 0 Å². The van der Waals surface area contributed by atoms with Crippen molar-refractivity contribution in [2.75, 3.05) is 5.32 Å². The summed E-state index contributed by atoms with van der Waals surface area (Å²) >= 11 is 1.61. The van der Waals surface area contributed by atoms with Crippen LogP contribution in [0.5, 0.6) is 0 Å². The van der Waals surface area contributed by atoms with Gasteiger partial charge in [0.2, 0.25) is 0 Å². The number of thiophene rings is 1. The van der Waals surface area contributed by atoms with E-state index in [1.165, 1.54) is 12.8 Å². The van der Waals surface area contributed by atoms with Crippen LogP contribution in [0.25, 0.3) is 10.2 Å². The third kappa shape index (κ3) is 2.33. The molecule has 1 saturated carbocycles. The first-order chi connectivity index (χ1) is 8.84. The second kappa shape index (κ2) is 5.20. The Kier molecular flexibility index (Phi) is 3.43. The summed E-state index contributed by atoms with van der Waals surface area (Å²) in [7, 11) is 0. The van der Waals surface area contributed by atoms with Crippen molar-refractivity contribution in [3.8, 4) is 0 Å². The molecule has 18 heavy (non-hydrogen) atoms. The SMILES string of the molecule is OC1CCCCCC1Nc1ncnc2sccc12. The third-order valence-electron chi connectivity index (χ3n) is 3.56. The Hall–Kier alpha value is -1.20. The second-order valence-corrected chi connectivity index (χ2v) is 5.71. The Morgan fingerprint density at radius 3 is 3.06 bits per heavy atom. The molecular formula is C13H17N3OS. The van der Waals surface area contributed by atoms with E-state index in [1.54, 1.807) is 17.7 Å². The Bertz CT molecular complexity index is 528. The van der Waals surface area contributed by atoms with Crippen LogP contribution in [0.15, 0.2) is 17.8 Å². The highest BCUT2D eigenvalue weighted by molar-refractivity contribution is 7.16. The molecule has 0 aromatic carbocycles. The van der Waals surface area contributed by atoms with Crippen LogP contribution in [-0.2, 0) is 0 Å². The van der Waals surface area contributed by atoms with Gasteiger partial charge in [-0.05, 0) is 24.3 Å². The standard InChI is InChI=1S/C13H17N3OS/c17-11-5-3-1-2-4-10(11)16-12-9-6-7-18-13(9)15-8-14-12/h6-8,10-11,17H,1-5H2,(H,14,15,16). The Morgan fingerprint density at radius 2 is 2.11 bits per heavy atom. The van der Waals surface area contributed by atoms with E-state index in [2.05, 4.69) is 15.3 Å². The number of aliphatic hydroxyl groups is 1. The van der Waals surface area contributed by atoms with Crippen molar-refractivity contribution < 1.29 is 5.11 Å². The molecule has 4 nitrogen and oxygen atoms in total. The van der Waals surface area contributed by atoms with Gasteiger partial charge >= 0.3 is 0 Å². The number of hydrogen-bond donors (Lipinski definition) is 2. The van der Waals surface area contributed by atoms with Crippen LogP contribution in [0.3, 0.4) is 0 Å². The summed E-state index contributed by atoms with van der Waals surface area (Å²) in [5, 5.41) is 16.6. The minimum absolute atomic E-state index is 0.116. The van der Waals surface area contributed by atoms with Gasteiger partial charge in [-0.2, -0.15) is 0 Å². The lowest BCUT2D eigenvalue weighted by Gasteiger charge is -2.22. The van der Waals surface area contributed by atoms with Crippen molar-refractivity contribution in [1.82, 2.24) is 9.97 Å². The molecule has 2 N–H and O–H groups in total. The number of fused-ring (bicyclic) bond motifs is 1. The zero-order valence-corrected chi connectivity index (χ0v) is 11.0. The van der Waals surface area contributed by atoms with Crippen molar-refractivity contribution in [2.24, 2.45) is 0 Å². The number of nitrogens with one attached hydrogen (secondary N) is 1. The van der Waals surface area contributed by atoms with Gasteiger partial charge in [0.05, 0.1) is 17.5 Å². The molecule has 0 radical (unpaired) electrons. The predicted molar refractivity (Wildman–Crippen MR) is 73.9 cm³/mol. The highest BCUT2D eigenvalue weighted by atomic mass is 32.1. The highest BCUT2D eigenvalue weighted by Crippen LogP contribution is 2.27. The zero-order chi connectivity index (χ0) is 12.4. The fourth-order valence-electron chi connectivity index (χ4n) is 2.54. The molecule has 2 atom stereocenters. The Morgan fingerprint density at radius 1 is 1.22 bits per heavy atom. The summed E-state index contributed by atoms with van der Waals surface area (Å²) in [5.41, 5.74) is 0. The van der Waals surface area contributed by atoms with Gasteiger partial charge in [0.25, 0.3) is 0 Å². The quantitative estimate of drug-likeness (QED) is 0.818. The fraction of sp³-hybridized carbons (Fsp3) is 0.538. The minimum Gasteiger partial charge on any atom is -0.391 e. The first-order valence-corrected chi connectivity index (χ1v) is 7.35. The van der Waals surface area contributed by atoms with E-state index in [-0.39, 0.29) is 12.1 Å². The normalized spacial score (nSPS) is 24.9. The molecule has 0 amide bonds. The number of hydrogen-bond acceptors (Lipinski definition) is 5. The van der Waals surface area contributed by atoms with Gasteiger partial charge in [-0.1, -0.05) is 19.3 Å². The number of rotatable bonds is 2. The van der Waals surface area contributed by atoms with E-state index in [9.17, 15) is 5.11 Å². The molecule has 2 aromatic heterocycles. The molecule has 2 heterocycles. The molecule has 2 unspecified atom stereocenters. The van der Waals surface area contributed by atoms with Gasteiger partial charge in [0.1, 0.15) is 17.0 Å². The lowest BCUT2D eigenvalue weighted by molar-refractivity contribution is 0.144. The summed E-state index contributed by atoms with van der Waals surface area (Å²) in [6.07, 6.45) is 6.73. The maximum Gasteiger partial charge on any atom is 0.138 e. The smallest absolute Gasteiger partial charge is 0.138 e. The van der Waals surface area contributed by atoms with Gasteiger partial charge < -0.3 is 10.4 Å². The van der Waals surface area contributed by atoms with Crippen LogP contribution >= 0.6 is 11.3 Å². The molecular weight excluding hydrogens is 246 g/mol.